The van der Waals surface area contributed by atoms with Crippen molar-refractivity contribution >= 4 is 11.6 Å². The Morgan fingerprint density at radius 3 is 2.72 bits per heavy atom. The van der Waals surface area contributed by atoms with Gasteiger partial charge in [0.2, 0.25) is 0 Å². The minimum absolute atomic E-state index is 0.0805. The molecule has 0 aliphatic rings. The van der Waals surface area contributed by atoms with Gasteiger partial charge in [-0.1, -0.05) is 6.92 Å². The van der Waals surface area contributed by atoms with Gasteiger partial charge >= 0.3 is 0 Å². The number of nitrogen functional groups attached to an aromatic ring is 1. The number of benzene rings is 1. The summed E-state index contributed by atoms with van der Waals surface area (Å²) in [7, 11) is 0. The van der Waals surface area contributed by atoms with E-state index < -0.39 is 0 Å². The second-order valence-corrected chi connectivity index (χ2v) is 3.98. The van der Waals surface area contributed by atoms with E-state index in [1.165, 1.54) is 0 Å². The molecule has 100 valence electrons. The van der Waals surface area contributed by atoms with E-state index in [4.69, 9.17) is 15.6 Å². The Hall–Kier alpha value is -1.75. The summed E-state index contributed by atoms with van der Waals surface area (Å²) in [5.41, 5.74) is 6.62. The highest BCUT2D eigenvalue weighted by Crippen LogP contribution is 2.19. The molecule has 1 aromatic rings. The lowest BCUT2D eigenvalue weighted by atomic mass is 10.1. The molecule has 1 rings (SSSR count). The number of carbonyl (C=O) groups excluding carboxylic acids is 1. The molecule has 0 spiro atoms. The van der Waals surface area contributed by atoms with Crippen LogP contribution in [-0.2, 0) is 0 Å². The van der Waals surface area contributed by atoms with Crippen LogP contribution >= 0.6 is 0 Å². The van der Waals surface area contributed by atoms with E-state index >= 15 is 0 Å². The fourth-order valence-electron chi connectivity index (χ4n) is 1.55. The lowest BCUT2D eigenvalue weighted by Crippen LogP contribution is -2.36. The van der Waals surface area contributed by atoms with E-state index in [9.17, 15) is 4.79 Å². The van der Waals surface area contributed by atoms with Gasteiger partial charge in [-0.25, -0.2) is 0 Å². The average molecular weight is 252 g/mol. The van der Waals surface area contributed by atoms with Crippen molar-refractivity contribution in [3.05, 3.63) is 23.8 Å². The van der Waals surface area contributed by atoms with Gasteiger partial charge < -0.3 is 20.9 Å². The number of nitrogens with one attached hydrogen (secondary N) is 1. The first-order chi connectivity index (χ1) is 8.60. The smallest absolute Gasteiger partial charge is 0.251 e. The van der Waals surface area contributed by atoms with Crippen molar-refractivity contribution in [3.8, 4) is 5.75 Å². The third-order valence-electron chi connectivity index (χ3n) is 2.55. The van der Waals surface area contributed by atoms with Gasteiger partial charge in [0.25, 0.3) is 5.91 Å². The standard InChI is InChI=1S/C13H20N2O3/c1-3-11(8-16)15-13(17)9-5-10(14)7-12(6-9)18-4-2/h5-7,11,16H,3-4,8,14H2,1-2H3,(H,15,17)/t11-/m0/s1. The van der Waals surface area contributed by atoms with E-state index in [1.54, 1.807) is 18.2 Å². The van der Waals surface area contributed by atoms with Gasteiger partial charge in [-0.3, -0.25) is 4.79 Å². The molecule has 4 N–H and O–H groups in total. The van der Waals surface area contributed by atoms with Crippen molar-refractivity contribution < 1.29 is 14.6 Å². The summed E-state index contributed by atoms with van der Waals surface area (Å²) in [6.07, 6.45) is 0.670. The Bertz CT molecular complexity index is 403. The molecule has 0 saturated carbocycles. The maximum atomic E-state index is 11.9. The number of hydrogen-bond acceptors (Lipinski definition) is 4. The van der Waals surface area contributed by atoms with Crippen molar-refractivity contribution in [1.29, 1.82) is 0 Å². The van der Waals surface area contributed by atoms with Crippen LogP contribution in [0.5, 0.6) is 5.75 Å². The van der Waals surface area contributed by atoms with Gasteiger partial charge in [0, 0.05) is 17.3 Å². The molecule has 1 amide bonds. The first-order valence-corrected chi connectivity index (χ1v) is 6.05. The molecule has 1 aromatic carbocycles. The largest absolute Gasteiger partial charge is 0.494 e. The van der Waals surface area contributed by atoms with Gasteiger partial charge in [0.05, 0.1) is 19.3 Å². The molecule has 0 saturated heterocycles. The summed E-state index contributed by atoms with van der Waals surface area (Å²) in [5, 5.41) is 11.8. The van der Waals surface area contributed by atoms with Crippen LogP contribution in [0.4, 0.5) is 5.69 Å². The van der Waals surface area contributed by atoms with E-state index in [2.05, 4.69) is 5.32 Å². The molecule has 18 heavy (non-hydrogen) atoms. The van der Waals surface area contributed by atoms with Crippen molar-refractivity contribution in [3.63, 3.8) is 0 Å². The predicted octanol–water partition coefficient (Wildman–Crippen LogP) is 1.17. The average Bonchev–Trinajstić information content (AvgIpc) is 2.35. The quantitative estimate of drug-likeness (QED) is 0.663. The fourth-order valence-corrected chi connectivity index (χ4v) is 1.55. The van der Waals surface area contributed by atoms with E-state index in [0.29, 0.717) is 30.0 Å². The predicted molar refractivity (Wildman–Crippen MR) is 70.7 cm³/mol. The summed E-state index contributed by atoms with van der Waals surface area (Å²) < 4.78 is 5.33. The topological polar surface area (TPSA) is 84.6 Å². The molecular formula is C13H20N2O3. The van der Waals surface area contributed by atoms with Gasteiger partial charge in [-0.2, -0.15) is 0 Å². The van der Waals surface area contributed by atoms with Gasteiger partial charge in [0.1, 0.15) is 5.75 Å². The maximum absolute atomic E-state index is 11.9. The zero-order valence-electron chi connectivity index (χ0n) is 10.8. The van der Waals surface area contributed by atoms with E-state index in [0.717, 1.165) is 0 Å². The summed E-state index contributed by atoms with van der Waals surface area (Å²) in [4.78, 5) is 11.9. The van der Waals surface area contributed by atoms with Crippen molar-refractivity contribution in [2.45, 2.75) is 26.3 Å². The number of rotatable bonds is 6. The molecule has 0 radical (unpaired) electrons. The number of ether oxygens (including phenoxy) is 1. The SMILES string of the molecule is CCOc1cc(N)cc(C(=O)N[C@@H](CC)CO)c1. The number of nitrogens with two attached hydrogens (primary N) is 1. The Kier molecular flexibility index (Phi) is 5.45. The number of amides is 1. The number of anilines is 1. The van der Waals surface area contributed by atoms with Crippen LogP contribution in [0.1, 0.15) is 30.6 Å². The first-order valence-electron chi connectivity index (χ1n) is 6.05. The fraction of sp³-hybridized carbons (Fsp3) is 0.462. The first kappa shape index (κ1) is 14.3. The number of aliphatic hydroxyl groups excluding tert-OH is 1. The molecule has 0 fully saturated rings. The normalized spacial score (nSPS) is 11.9. The molecule has 5 heteroatoms. The second kappa shape index (κ2) is 6.86. The third-order valence-corrected chi connectivity index (χ3v) is 2.55. The lowest BCUT2D eigenvalue weighted by Gasteiger charge is -2.14. The Morgan fingerprint density at radius 2 is 2.17 bits per heavy atom. The molecule has 0 aliphatic heterocycles. The van der Waals surface area contributed by atoms with Crippen LogP contribution in [0.25, 0.3) is 0 Å². The van der Waals surface area contributed by atoms with E-state index in [1.807, 2.05) is 13.8 Å². The van der Waals surface area contributed by atoms with Gasteiger partial charge in [-0.15, -0.1) is 0 Å². The summed E-state index contributed by atoms with van der Waals surface area (Å²) in [6, 6.07) is 4.65. The minimum atomic E-state index is -0.260. The highest BCUT2D eigenvalue weighted by Gasteiger charge is 2.12. The number of hydrogen-bond donors (Lipinski definition) is 3. The van der Waals surface area contributed by atoms with Crippen LogP contribution in [0.3, 0.4) is 0 Å². The molecule has 0 aromatic heterocycles. The van der Waals surface area contributed by atoms with Crippen molar-refractivity contribution in [2.75, 3.05) is 18.9 Å². The molecule has 5 nitrogen and oxygen atoms in total. The third kappa shape index (κ3) is 3.92. The van der Waals surface area contributed by atoms with E-state index in [-0.39, 0.29) is 18.6 Å². The van der Waals surface area contributed by atoms with Crippen LogP contribution in [-0.4, -0.2) is 30.3 Å². The Balaban J connectivity index is 2.84. The molecule has 0 aliphatic carbocycles. The summed E-state index contributed by atoms with van der Waals surface area (Å²) in [5.74, 6) is 0.309. The maximum Gasteiger partial charge on any atom is 0.251 e. The number of aliphatic hydroxyl groups is 1. The van der Waals surface area contributed by atoms with Gasteiger partial charge in [-0.05, 0) is 25.5 Å². The molecule has 0 heterocycles. The Morgan fingerprint density at radius 1 is 1.44 bits per heavy atom. The van der Waals surface area contributed by atoms with Crippen LogP contribution < -0.4 is 15.8 Å². The van der Waals surface area contributed by atoms with Crippen LogP contribution in [0.15, 0.2) is 18.2 Å². The highest BCUT2D eigenvalue weighted by atomic mass is 16.5. The molecular weight excluding hydrogens is 232 g/mol. The summed E-state index contributed by atoms with van der Waals surface area (Å²) in [6.45, 7) is 4.19. The molecule has 0 bridgehead atoms. The highest BCUT2D eigenvalue weighted by molar-refractivity contribution is 5.95. The van der Waals surface area contributed by atoms with Crippen LogP contribution in [0, 0.1) is 0 Å². The van der Waals surface area contributed by atoms with Crippen LogP contribution in [0.2, 0.25) is 0 Å². The van der Waals surface area contributed by atoms with Crippen molar-refractivity contribution in [1.82, 2.24) is 5.32 Å². The second-order valence-electron chi connectivity index (χ2n) is 3.98. The Labute approximate surface area is 107 Å². The minimum Gasteiger partial charge on any atom is -0.494 e. The molecule has 1 atom stereocenters. The van der Waals surface area contributed by atoms with Crippen molar-refractivity contribution in [2.24, 2.45) is 0 Å². The van der Waals surface area contributed by atoms with Gasteiger partial charge in [0.15, 0.2) is 0 Å². The zero-order chi connectivity index (χ0) is 13.5. The number of carbonyl (C=O) groups is 1. The molecule has 0 unspecified atom stereocenters. The monoisotopic (exact) mass is 252 g/mol. The zero-order valence-corrected chi connectivity index (χ0v) is 10.8. The lowest BCUT2D eigenvalue weighted by molar-refractivity contribution is 0.0914. The summed E-state index contributed by atoms with van der Waals surface area (Å²) >= 11 is 0.